The Morgan fingerprint density at radius 1 is 1.22 bits per heavy atom. The number of hydrogen-bond acceptors (Lipinski definition) is 2. The number of carboxylic acid groups (broad SMARTS) is 1. The van der Waals surface area contributed by atoms with E-state index in [1.165, 1.54) is 10.8 Å². The third kappa shape index (κ3) is 2.71. The zero-order chi connectivity index (χ0) is 13.0. The molecule has 94 valence electrons. The van der Waals surface area contributed by atoms with Crippen LogP contribution >= 0.6 is 0 Å². The summed E-state index contributed by atoms with van der Waals surface area (Å²) in [7, 11) is 1.87. The Labute approximate surface area is 106 Å². The summed E-state index contributed by atoms with van der Waals surface area (Å²) in [6.45, 7) is 0.419. The molecule has 1 amide bonds. The van der Waals surface area contributed by atoms with Crippen LogP contribution in [0, 0.1) is 0 Å². The molecule has 0 unspecified atom stereocenters. The van der Waals surface area contributed by atoms with Crippen molar-refractivity contribution in [3.63, 3.8) is 0 Å². The van der Waals surface area contributed by atoms with Gasteiger partial charge in [-0.1, -0.05) is 24.3 Å². The van der Waals surface area contributed by atoms with Gasteiger partial charge < -0.3 is 15.7 Å². The Morgan fingerprint density at radius 2 is 1.89 bits per heavy atom. The van der Waals surface area contributed by atoms with Crippen molar-refractivity contribution >= 4 is 22.6 Å². The van der Waals surface area contributed by atoms with Crippen molar-refractivity contribution in [2.45, 2.75) is 6.42 Å². The van der Waals surface area contributed by atoms with Crippen LogP contribution in [0.25, 0.3) is 10.8 Å². The minimum absolute atomic E-state index is 0.419. The highest BCUT2D eigenvalue weighted by Crippen LogP contribution is 2.24. The number of fused-ring (bicyclic) bond motifs is 1. The molecule has 0 fully saturated rings. The minimum atomic E-state index is -0.984. The average Bonchev–Trinajstić information content (AvgIpc) is 2.37. The minimum Gasteiger partial charge on any atom is -0.465 e. The van der Waals surface area contributed by atoms with Crippen LogP contribution in [0.1, 0.15) is 5.56 Å². The van der Waals surface area contributed by atoms with Crippen LogP contribution < -0.4 is 10.6 Å². The Bertz CT molecular complexity index is 567. The van der Waals surface area contributed by atoms with E-state index in [0.29, 0.717) is 13.0 Å². The molecule has 2 rings (SSSR count). The SMILES string of the molecule is CNc1cc2ccccc2cc1CCNC(=O)O. The van der Waals surface area contributed by atoms with Crippen LogP contribution in [0.5, 0.6) is 0 Å². The summed E-state index contributed by atoms with van der Waals surface area (Å²) in [6, 6.07) is 12.3. The van der Waals surface area contributed by atoms with Crippen molar-refractivity contribution in [1.82, 2.24) is 5.32 Å². The van der Waals surface area contributed by atoms with E-state index in [-0.39, 0.29) is 0 Å². The van der Waals surface area contributed by atoms with E-state index < -0.39 is 6.09 Å². The van der Waals surface area contributed by atoms with Gasteiger partial charge in [0.05, 0.1) is 0 Å². The van der Waals surface area contributed by atoms with Gasteiger partial charge in [0, 0.05) is 19.3 Å². The van der Waals surface area contributed by atoms with E-state index in [1.807, 2.05) is 19.2 Å². The second-order valence-corrected chi connectivity index (χ2v) is 4.09. The van der Waals surface area contributed by atoms with E-state index in [2.05, 4.69) is 34.9 Å². The zero-order valence-electron chi connectivity index (χ0n) is 10.2. The lowest BCUT2D eigenvalue weighted by Gasteiger charge is -2.11. The third-order valence-electron chi connectivity index (χ3n) is 2.91. The molecule has 4 nitrogen and oxygen atoms in total. The average molecular weight is 244 g/mol. The number of anilines is 1. The number of benzene rings is 2. The predicted octanol–water partition coefficient (Wildman–Crippen LogP) is 2.69. The van der Waals surface area contributed by atoms with E-state index in [0.717, 1.165) is 11.3 Å². The Kier molecular flexibility index (Phi) is 3.67. The Hall–Kier alpha value is -2.23. The lowest BCUT2D eigenvalue weighted by molar-refractivity contribution is 0.194. The molecule has 3 N–H and O–H groups in total. The monoisotopic (exact) mass is 244 g/mol. The van der Waals surface area contributed by atoms with Crippen molar-refractivity contribution in [2.24, 2.45) is 0 Å². The van der Waals surface area contributed by atoms with Crippen molar-refractivity contribution in [2.75, 3.05) is 18.9 Å². The molecule has 0 saturated carbocycles. The predicted molar refractivity (Wildman–Crippen MR) is 73.2 cm³/mol. The van der Waals surface area contributed by atoms with Gasteiger partial charge in [0.1, 0.15) is 0 Å². The molecule has 0 heterocycles. The zero-order valence-corrected chi connectivity index (χ0v) is 10.2. The fourth-order valence-electron chi connectivity index (χ4n) is 2.03. The van der Waals surface area contributed by atoms with Crippen LogP contribution in [-0.2, 0) is 6.42 Å². The van der Waals surface area contributed by atoms with Gasteiger partial charge in [0.25, 0.3) is 0 Å². The van der Waals surface area contributed by atoms with Gasteiger partial charge in [-0.2, -0.15) is 0 Å². The standard InChI is InChI=1S/C14H16N2O2/c1-15-13-9-11-5-3-2-4-10(11)8-12(13)6-7-16-14(17)18/h2-5,8-9,15-16H,6-7H2,1H3,(H,17,18). The first kappa shape index (κ1) is 12.2. The van der Waals surface area contributed by atoms with Crippen molar-refractivity contribution in [3.8, 4) is 0 Å². The largest absolute Gasteiger partial charge is 0.465 e. The second-order valence-electron chi connectivity index (χ2n) is 4.09. The van der Waals surface area contributed by atoms with E-state index in [1.54, 1.807) is 0 Å². The summed E-state index contributed by atoms with van der Waals surface area (Å²) in [5.74, 6) is 0. The summed E-state index contributed by atoms with van der Waals surface area (Å²) in [4.78, 5) is 10.4. The molecule has 0 aliphatic carbocycles. The lowest BCUT2D eigenvalue weighted by Crippen LogP contribution is -2.23. The molecular weight excluding hydrogens is 228 g/mol. The summed E-state index contributed by atoms with van der Waals surface area (Å²) in [5.41, 5.74) is 2.16. The third-order valence-corrected chi connectivity index (χ3v) is 2.91. The fourth-order valence-corrected chi connectivity index (χ4v) is 2.03. The van der Waals surface area contributed by atoms with Crippen LogP contribution in [0.15, 0.2) is 36.4 Å². The molecule has 0 aliphatic heterocycles. The topological polar surface area (TPSA) is 61.4 Å². The summed E-state index contributed by atoms with van der Waals surface area (Å²) >= 11 is 0. The highest BCUT2D eigenvalue weighted by atomic mass is 16.4. The van der Waals surface area contributed by atoms with Gasteiger partial charge in [0.2, 0.25) is 0 Å². The van der Waals surface area contributed by atoms with Crippen molar-refractivity contribution in [1.29, 1.82) is 0 Å². The van der Waals surface area contributed by atoms with Gasteiger partial charge in [-0.15, -0.1) is 0 Å². The highest BCUT2D eigenvalue weighted by molar-refractivity contribution is 5.87. The molecule has 0 spiro atoms. The van der Waals surface area contributed by atoms with Gasteiger partial charge >= 0.3 is 6.09 Å². The molecule has 0 bridgehead atoms. The van der Waals surface area contributed by atoms with Crippen molar-refractivity contribution in [3.05, 3.63) is 42.0 Å². The molecule has 2 aromatic rings. The maximum absolute atomic E-state index is 10.4. The molecule has 18 heavy (non-hydrogen) atoms. The number of amides is 1. The molecule has 2 aromatic carbocycles. The molecule has 0 aliphatic rings. The molecule has 0 atom stereocenters. The molecular formula is C14H16N2O2. The number of rotatable bonds is 4. The maximum Gasteiger partial charge on any atom is 0.404 e. The van der Waals surface area contributed by atoms with Crippen LogP contribution in [0.2, 0.25) is 0 Å². The molecule has 4 heteroatoms. The van der Waals surface area contributed by atoms with E-state index >= 15 is 0 Å². The smallest absolute Gasteiger partial charge is 0.404 e. The molecule has 0 radical (unpaired) electrons. The van der Waals surface area contributed by atoms with E-state index in [4.69, 9.17) is 5.11 Å². The maximum atomic E-state index is 10.4. The van der Waals surface area contributed by atoms with Gasteiger partial charge in [0.15, 0.2) is 0 Å². The first-order valence-electron chi connectivity index (χ1n) is 5.87. The first-order valence-corrected chi connectivity index (χ1v) is 5.87. The summed E-state index contributed by atoms with van der Waals surface area (Å²) in [6.07, 6.45) is -0.311. The van der Waals surface area contributed by atoms with Crippen LogP contribution in [-0.4, -0.2) is 24.8 Å². The fraction of sp³-hybridized carbons (Fsp3) is 0.214. The van der Waals surface area contributed by atoms with Gasteiger partial charge in [-0.05, 0) is 34.9 Å². The Balaban J connectivity index is 2.27. The normalized spacial score (nSPS) is 10.3. The van der Waals surface area contributed by atoms with Gasteiger partial charge in [-0.3, -0.25) is 0 Å². The van der Waals surface area contributed by atoms with E-state index in [9.17, 15) is 4.79 Å². The first-order chi connectivity index (χ1) is 8.70. The van der Waals surface area contributed by atoms with Crippen molar-refractivity contribution < 1.29 is 9.90 Å². The molecule has 0 aromatic heterocycles. The summed E-state index contributed by atoms with van der Waals surface area (Å²) < 4.78 is 0. The molecule has 0 saturated heterocycles. The van der Waals surface area contributed by atoms with Crippen LogP contribution in [0.4, 0.5) is 10.5 Å². The second kappa shape index (κ2) is 5.40. The number of hydrogen-bond donors (Lipinski definition) is 3. The highest BCUT2D eigenvalue weighted by Gasteiger charge is 2.04. The Morgan fingerprint density at radius 3 is 2.50 bits per heavy atom. The number of nitrogens with one attached hydrogen (secondary N) is 2. The summed E-state index contributed by atoms with van der Waals surface area (Å²) in [5, 5.41) is 16.4. The van der Waals surface area contributed by atoms with Crippen LogP contribution in [0.3, 0.4) is 0 Å². The lowest BCUT2D eigenvalue weighted by atomic mass is 10.0. The number of carbonyl (C=O) groups is 1. The quantitative estimate of drug-likeness (QED) is 0.775. The van der Waals surface area contributed by atoms with Gasteiger partial charge in [-0.25, -0.2) is 4.79 Å².